The first-order chi connectivity index (χ1) is 4.25. The molecule has 0 spiro atoms. The normalized spacial score (nSPS) is 39.3. The molecule has 0 aromatic rings. The Morgan fingerprint density at radius 2 is 2.20 bits per heavy atom. The van der Waals surface area contributed by atoms with Crippen molar-refractivity contribution in [3.05, 3.63) is 6.61 Å². The van der Waals surface area contributed by atoms with Crippen LogP contribution in [-0.2, 0) is 4.74 Å². The first-order valence-electron chi connectivity index (χ1n) is 2.67. The molecular weight excluding hydrogens is 365 g/mol. The van der Waals surface area contributed by atoms with E-state index in [2.05, 4.69) is 4.74 Å². The van der Waals surface area contributed by atoms with Crippen LogP contribution in [0.15, 0.2) is 0 Å². The van der Waals surface area contributed by atoms with Crippen LogP contribution in [0.1, 0.15) is 0 Å². The first-order valence-corrected chi connectivity index (χ1v) is 2.67. The summed E-state index contributed by atoms with van der Waals surface area (Å²) < 4.78 is 16.9. The zero-order valence-corrected chi connectivity index (χ0v) is 9.36. The van der Waals surface area contributed by atoms with Crippen molar-refractivity contribution in [2.24, 2.45) is 0 Å². The molecule has 2 N–H and O–H groups in total. The third kappa shape index (κ3) is 2.18. The second kappa shape index (κ2) is 4.68. The van der Waals surface area contributed by atoms with Gasteiger partial charge < -0.3 is 14.9 Å². The Balaban J connectivity index is 0.000000810. The average molecular weight is 373 g/mol. The predicted molar refractivity (Wildman–Crippen MR) is 27.2 cm³/mol. The number of aliphatic hydroxyl groups excluding tert-OH is 2. The van der Waals surface area contributed by atoms with Crippen LogP contribution in [0.4, 0.5) is 4.39 Å². The molecule has 1 rings (SSSR count). The summed E-state index contributed by atoms with van der Waals surface area (Å²) in [4.78, 5) is 0. The average Bonchev–Trinajstić information content (AvgIpc) is 2.15. The van der Waals surface area contributed by atoms with Gasteiger partial charge in [0.2, 0.25) is 0 Å². The topological polar surface area (TPSA) is 49.7 Å². The summed E-state index contributed by atoms with van der Waals surface area (Å²) in [5, 5.41) is 17.0. The molecule has 1 heterocycles. The van der Waals surface area contributed by atoms with Gasteiger partial charge in [0.05, 0.1) is 12.7 Å². The summed E-state index contributed by atoms with van der Waals surface area (Å²) in [5.41, 5.74) is 0. The Kier molecular flexibility index (Phi) is 5.09. The molecule has 58 valence electrons. The minimum absolute atomic E-state index is 0. The van der Waals surface area contributed by atoms with Crippen molar-refractivity contribution in [3.63, 3.8) is 0 Å². The van der Waals surface area contributed by atoms with E-state index in [1.165, 1.54) is 0 Å². The van der Waals surface area contributed by atoms with Crippen LogP contribution >= 0.6 is 0 Å². The van der Waals surface area contributed by atoms with Crippen LogP contribution in [0.25, 0.3) is 0 Å². The maximum absolute atomic E-state index is 12.4. The summed E-state index contributed by atoms with van der Waals surface area (Å²) in [6, 6.07) is 0. The monoisotopic (exact) mass is 373 g/mol. The van der Waals surface area contributed by atoms with Gasteiger partial charge in [0.25, 0.3) is 0 Å². The smallest absolute Gasteiger partial charge is 0.125 e. The summed E-state index contributed by atoms with van der Waals surface area (Å²) in [7, 11) is 0. The summed E-state index contributed by atoms with van der Waals surface area (Å²) in [5.74, 6) is 0. The van der Waals surface area contributed by atoms with Crippen LogP contribution in [0.2, 0.25) is 0 Å². The van der Waals surface area contributed by atoms with E-state index in [1.54, 1.807) is 0 Å². The minimum atomic E-state index is -1.48. The van der Waals surface area contributed by atoms with Crippen molar-refractivity contribution in [1.82, 2.24) is 0 Å². The zero-order chi connectivity index (χ0) is 6.85. The maximum atomic E-state index is 12.4. The number of aliphatic hydroxyl groups is 2. The van der Waals surface area contributed by atoms with Crippen LogP contribution in [-0.4, -0.2) is 35.2 Å². The van der Waals surface area contributed by atoms with Crippen LogP contribution in [0, 0.1) is 37.7 Å². The fourth-order valence-corrected chi connectivity index (χ4v) is 0.695. The summed E-state index contributed by atoms with van der Waals surface area (Å²) >= 11 is 0. The van der Waals surface area contributed by atoms with E-state index >= 15 is 0 Å². The van der Waals surface area contributed by atoms with E-state index in [0.717, 1.165) is 6.61 Å². The molecular formula is C5H8FO3U-. The molecule has 3 atom stereocenters. The van der Waals surface area contributed by atoms with Gasteiger partial charge in [-0.2, -0.15) is 6.61 Å². The third-order valence-electron chi connectivity index (χ3n) is 1.25. The fraction of sp³-hybridized carbons (Fsp3) is 0.800. The number of ether oxygens (including phenoxy) is 1. The van der Waals surface area contributed by atoms with E-state index < -0.39 is 25.0 Å². The summed E-state index contributed by atoms with van der Waals surface area (Å²) in [6.45, 7) is 0.598. The van der Waals surface area contributed by atoms with Crippen LogP contribution in [0.3, 0.4) is 0 Å². The molecule has 1 fully saturated rings. The Hall–Kier alpha value is 0.862. The molecule has 0 aromatic carbocycles. The molecule has 0 aromatic heterocycles. The van der Waals surface area contributed by atoms with Crippen molar-refractivity contribution >= 4 is 0 Å². The van der Waals surface area contributed by atoms with Gasteiger partial charge in [-0.25, -0.2) is 4.39 Å². The molecule has 0 bridgehead atoms. The van der Waals surface area contributed by atoms with E-state index in [-0.39, 0.29) is 31.1 Å². The van der Waals surface area contributed by atoms with E-state index in [1.807, 2.05) is 0 Å². The van der Waals surface area contributed by atoms with Crippen molar-refractivity contribution in [2.45, 2.75) is 18.4 Å². The number of rotatable bonds is 1. The van der Waals surface area contributed by atoms with Crippen LogP contribution in [0.5, 0.6) is 0 Å². The molecule has 0 unspecified atom stereocenters. The molecule has 0 aliphatic carbocycles. The van der Waals surface area contributed by atoms with Gasteiger partial charge in [-0.3, -0.25) is 0 Å². The SMILES string of the molecule is OC[C@H]1O[CH-][C@H](O)[C@@H]1F.[U]. The van der Waals surface area contributed by atoms with Crippen molar-refractivity contribution in [2.75, 3.05) is 6.61 Å². The van der Waals surface area contributed by atoms with Gasteiger partial charge in [0.1, 0.15) is 6.17 Å². The molecule has 1 aliphatic rings. The quantitative estimate of drug-likeness (QED) is 0.595. The Labute approximate surface area is 81.9 Å². The first kappa shape index (κ1) is 10.9. The number of halogens is 1. The second-order valence-corrected chi connectivity index (χ2v) is 1.93. The largest absolute Gasteiger partial charge is 0.543 e. The summed E-state index contributed by atoms with van der Waals surface area (Å²) in [6.07, 6.45) is -3.53. The molecule has 0 saturated carbocycles. The van der Waals surface area contributed by atoms with Gasteiger partial charge in [-0.15, -0.1) is 0 Å². The molecule has 3 nitrogen and oxygen atoms in total. The molecule has 5 heteroatoms. The third-order valence-corrected chi connectivity index (χ3v) is 1.25. The van der Waals surface area contributed by atoms with Gasteiger partial charge in [-0.1, -0.05) is 0 Å². The molecule has 0 amide bonds. The van der Waals surface area contributed by atoms with Gasteiger partial charge in [-0.05, 0) is 6.10 Å². The van der Waals surface area contributed by atoms with Crippen molar-refractivity contribution in [3.8, 4) is 0 Å². The van der Waals surface area contributed by atoms with Gasteiger partial charge in [0.15, 0.2) is 0 Å². The van der Waals surface area contributed by atoms with Crippen molar-refractivity contribution < 1.29 is 50.5 Å². The van der Waals surface area contributed by atoms with E-state index in [4.69, 9.17) is 10.2 Å². The van der Waals surface area contributed by atoms with Gasteiger partial charge in [0, 0.05) is 31.1 Å². The Morgan fingerprint density at radius 3 is 2.40 bits per heavy atom. The standard InChI is InChI=1S/C5H8FO3.U/c6-5-3(8)2-9-4(5)1-7;/h2-5,7-8H,1H2;/q-1;/t3-,4+,5-;/m0./s1. The Bertz CT molecular complexity index is 103. The van der Waals surface area contributed by atoms with Crippen LogP contribution < -0.4 is 0 Å². The second-order valence-electron chi connectivity index (χ2n) is 1.93. The molecule has 1 saturated heterocycles. The molecule has 10 heavy (non-hydrogen) atoms. The Morgan fingerprint density at radius 1 is 1.60 bits per heavy atom. The van der Waals surface area contributed by atoms with Gasteiger partial charge >= 0.3 is 0 Å². The maximum Gasteiger partial charge on any atom is 0.125 e. The molecule has 0 radical (unpaired) electrons. The van der Waals surface area contributed by atoms with Crippen molar-refractivity contribution in [1.29, 1.82) is 0 Å². The van der Waals surface area contributed by atoms with E-state index in [9.17, 15) is 4.39 Å². The minimum Gasteiger partial charge on any atom is -0.543 e. The fourth-order valence-electron chi connectivity index (χ4n) is 0.695. The zero-order valence-electron chi connectivity index (χ0n) is 5.20. The molecule has 1 aliphatic heterocycles. The number of hydrogen-bond acceptors (Lipinski definition) is 3. The number of hydrogen-bond donors (Lipinski definition) is 2. The van der Waals surface area contributed by atoms with E-state index in [0.29, 0.717) is 0 Å². The number of alkyl halides is 1. The predicted octanol–water partition coefficient (Wildman–Crippen LogP) is -0.762.